The molecule has 2 N–H and O–H groups in total. The molecule has 0 radical (unpaired) electrons. The molecule has 0 spiro atoms. The summed E-state index contributed by atoms with van der Waals surface area (Å²) >= 11 is 0. The van der Waals surface area contributed by atoms with Gasteiger partial charge in [-0.1, -0.05) is 31.0 Å². The summed E-state index contributed by atoms with van der Waals surface area (Å²) in [5, 5.41) is 4.69. The Morgan fingerprint density at radius 3 is 2.67 bits per heavy atom. The van der Waals surface area contributed by atoms with Crippen molar-refractivity contribution in [1.82, 2.24) is 19.7 Å². The van der Waals surface area contributed by atoms with E-state index < -0.39 is 0 Å². The quantitative estimate of drug-likeness (QED) is 0.918. The van der Waals surface area contributed by atoms with Crippen molar-refractivity contribution in [3.8, 4) is 5.69 Å². The van der Waals surface area contributed by atoms with E-state index in [2.05, 4.69) is 22.0 Å². The Hall–Kier alpha value is -1.72. The Morgan fingerprint density at radius 2 is 1.96 bits per heavy atom. The van der Waals surface area contributed by atoms with Crippen molar-refractivity contribution in [2.24, 2.45) is 11.1 Å². The van der Waals surface area contributed by atoms with E-state index in [0.717, 1.165) is 31.1 Å². The van der Waals surface area contributed by atoms with Crippen molar-refractivity contribution < 1.29 is 0 Å². The van der Waals surface area contributed by atoms with Crippen LogP contribution in [0, 0.1) is 5.41 Å². The second kappa shape index (κ2) is 6.65. The average Bonchev–Trinajstić information content (AvgIpc) is 3.05. The van der Waals surface area contributed by atoms with Crippen molar-refractivity contribution >= 4 is 0 Å². The molecule has 2 fully saturated rings. The number of hydrogen-bond donors (Lipinski definition) is 1. The number of aromatic nitrogens is 3. The van der Waals surface area contributed by atoms with Crippen LogP contribution < -0.4 is 5.73 Å². The summed E-state index contributed by atoms with van der Waals surface area (Å²) < 4.78 is 1.87. The maximum absolute atomic E-state index is 6.17. The molecule has 5 heteroatoms. The van der Waals surface area contributed by atoms with Crippen LogP contribution in [0.4, 0.5) is 0 Å². The average molecular weight is 325 g/mol. The fourth-order valence-corrected chi connectivity index (χ4v) is 4.43. The van der Waals surface area contributed by atoms with Crippen LogP contribution in [0.5, 0.6) is 0 Å². The van der Waals surface area contributed by atoms with Crippen molar-refractivity contribution in [2.75, 3.05) is 13.1 Å². The third-order valence-corrected chi connectivity index (χ3v) is 5.98. The third kappa shape index (κ3) is 2.87. The van der Waals surface area contributed by atoms with Crippen LogP contribution in [0.25, 0.3) is 5.69 Å². The van der Waals surface area contributed by atoms with Gasteiger partial charge in [-0.25, -0.2) is 9.67 Å². The molecule has 2 aromatic rings. The van der Waals surface area contributed by atoms with Gasteiger partial charge in [-0.3, -0.25) is 4.90 Å². The van der Waals surface area contributed by atoms with Crippen molar-refractivity contribution in [1.29, 1.82) is 0 Å². The lowest BCUT2D eigenvalue weighted by Crippen LogP contribution is -2.56. The van der Waals surface area contributed by atoms with Gasteiger partial charge in [-0.05, 0) is 56.3 Å². The minimum atomic E-state index is 0.350. The van der Waals surface area contributed by atoms with Crippen molar-refractivity contribution in [2.45, 2.75) is 51.1 Å². The molecule has 5 nitrogen and oxygen atoms in total. The molecule has 1 saturated heterocycles. The van der Waals surface area contributed by atoms with Crippen molar-refractivity contribution in [3.63, 3.8) is 0 Å². The molecule has 1 aliphatic carbocycles. The molecule has 1 aliphatic heterocycles. The van der Waals surface area contributed by atoms with Gasteiger partial charge in [0.25, 0.3) is 0 Å². The van der Waals surface area contributed by atoms with Crippen LogP contribution >= 0.6 is 0 Å². The normalized spacial score (nSPS) is 23.8. The molecule has 128 valence electrons. The number of likely N-dealkylation sites (tertiary alicyclic amines) is 1. The number of para-hydroxylation sites is 1. The SMILES string of the molecule is NCC1(C2CCCCN2Cc2ncn(-c3ccccc3)n2)CCC1. The number of nitrogens with zero attached hydrogens (tertiary/aromatic N) is 4. The summed E-state index contributed by atoms with van der Waals surface area (Å²) in [4.78, 5) is 7.15. The van der Waals surface area contributed by atoms with Gasteiger partial charge in [-0.2, -0.15) is 0 Å². The Bertz CT molecular complexity index is 656. The van der Waals surface area contributed by atoms with Crippen LogP contribution in [0.3, 0.4) is 0 Å². The summed E-state index contributed by atoms with van der Waals surface area (Å²) in [6.45, 7) is 2.80. The van der Waals surface area contributed by atoms with Gasteiger partial charge in [0.2, 0.25) is 0 Å². The molecule has 1 atom stereocenters. The predicted molar refractivity (Wildman–Crippen MR) is 94.7 cm³/mol. The predicted octanol–water partition coefficient (Wildman–Crippen LogP) is 2.75. The first kappa shape index (κ1) is 15.8. The van der Waals surface area contributed by atoms with Crippen LogP contribution in [-0.4, -0.2) is 38.8 Å². The fourth-order valence-electron chi connectivity index (χ4n) is 4.43. The highest BCUT2D eigenvalue weighted by Crippen LogP contribution is 2.47. The first-order valence-electron chi connectivity index (χ1n) is 9.21. The summed E-state index contributed by atoms with van der Waals surface area (Å²) in [5.41, 5.74) is 7.58. The molecule has 1 aromatic heterocycles. The first-order valence-corrected chi connectivity index (χ1v) is 9.21. The first-order chi connectivity index (χ1) is 11.8. The number of hydrogen-bond acceptors (Lipinski definition) is 4. The molecule has 2 aliphatic rings. The molecule has 2 heterocycles. The van der Waals surface area contributed by atoms with E-state index in [-0.39, 0.29) is 0 Å². The minimum absolute atomic E-state index is 0.350. The molecule has 1 unspecified atom stereocenters. The van der Waals surface area contributed by atoms with Gasteiger partial charge in [0.1, 0.15) is 6.33 Å². The van der Waals surface area contributed by atoms with Gasteiger partial charge in [0, 0.05) is 6.04 Å². The van der Waals surface area contributed by atoms with Gasteiger partial charge in [-0.15, -0.1) is 5.10 Å². The number of piperidine rings is 1. The highest BCUT2D eigenvalue weighted by molar-refractivity contribution is 5.29. The van der Waals surface area contributed by atoms with Gasteiger partial charge in [0.15, 0.2) is 5.82 Å². The largest absolute Gasteiger partial charge is 0.330 e. The van der Waals surface area contributed by atoms with E-state index in [0.29, 0.717) is 11.5 Å². The molecular formula is C19H27N5. The Labute approximate surface area is 143 Å². The lowest BCUT2D eigenvalue weighted by Gasteiger charge is -2.53. The molecule has 4 rings (SSSR count). The Kier molecular flexibility index (Phi) is 4.37. The second-order valence-electron chi connectivity index (χ2n) is 7.34. The zero-order valence-corrected chi connectivity index (χ0v) is 14.3. The van der Waals surface area contributed by atoms with Gasteiger partial charge >= 0.3 is 0 Å². The summed E-state index contributed by atoms with van der Waals surface area (Å²) in [5.74, 6) is 0.914. The van der Waals surface area contributed by atoms with Gasteiger partial charge < -0.3 is 5.73 Å². The molecular weight excluding hydrogens is 298 g/mol. The van der Waals surface area contributed by atoms with Crippen LogP contribution in [-0.2, 0) is 6.54 Å². The molecule has 24 heavy (non-hydrogen) atoms. The van der Waals surface area contributed by atoms with E-state index in [1.807, 2.05) is 29.2 Å². The molecule has 0 bridgehead atoms. The minimum Gasteiger partial charge on any atom is -0.330 e. The van der Waals surface area contributed by atoms with Crippen LogP contribution in [0.2, 0.25) is 0 Å². The highest BCUT2D eigenvalue weighted by atomic mass is 15.3. The molecule has 0 amide bonds. The lowest BCUT2D eigenvalue weighted by atomic mass is 9.62. The van der Waals surface area contributed by atoms with E-state index in [1.165, 1.54) is 38.5 Å². The highest BCUT2D eigenvalue weighted by Gasteiger charge is 2.46. The van der Waals surface area contributed by atoms with E-state index >= 15 is 0 Å². The Morgan fingerprint density at radius 1 is 1.12 bits per heavy atom. The maximum atomic E-state index is 6.17. The second-order valence-corrected chi connectivity index (χ2v) is 7.34. The monoisotopic (exact) mass is 325 g/mol. The topological polar surface area (TPSA) is 60.0 Å². The van der Waals surface area contributed by atoms with Gasteiger partial charge in [0.05, 0.1) is 12.2 Å². The van der Waals surface area contributed by atoms with E-state index in [4.69, 9.17) is 10.8 Å². The molecule has 1 saturated carbocycles. The summed E-state index contributed by atoms with van der Waals surface area (Å²) in [6.07, 6.45) is 9.61. The summed E-state index contributed by atoms with van der Waals surface area (Å²) in [6, 6.07) is 10.8. The fraction of sp³-hybridized carbons (Fsp3) is 0.579. The van der Waals surface area contributed by atoms with Crippen LogP contribution in [0.15, 0.2) is 36.7 Å². The number of nitrogens with two attached hydrogens (primary N) is 1. The molecule has 1 aromatic carbocycles. The van der Waals surface area contributed by atoms with E-state index in [9.17, 15) is 0 Å². The Balaban J connectivity index is 1.50. The third-order valence-electron chi connectivity index (χ3n) is 5.98. The maximum Gasteiger partial charge on any atom is 0.165 e. The van der Waals surface area contributed by atoms with E-state index in [1.54, 1.807) is 0 Å². The smallest absolute Gasteiger partial charge is 0.165 e. The number of rotatable bonds is 5. The summed E-state index contributed by atoms with van der Waals surface area (Å²) in [7, 11) is 0. The zero-order valence-electron chi connectivity index (χ0n) is 14.3. The lowest BCUT2D eigenvalue weighted by molar-refractivity contribution is -0.0217. The number of benzene rings is 1. The standard InChI is InChI=1S/C19H27N5/c20-14-19(10-6-11-19)17-9-4-5-12-23(17)13-18-21-15-24(22-18)16-7-2-1-3-8-16/h1-3,7-8,15,17H,4-6,9-14,20H2. The zero-order chi connectivity index (χ0) is 16.4. The van der Waals surface area contributed by atoms with Crippen molar-refractivity contribution in [3.05, 3.63) is 42.5 Å². The van der Waals surface area contributed by atoms with Crippen LogP contribution in [0.1, 0.15) is 44.3 Å².